The van der Waals surface area contributed by atoms with Crippen molar-refractivity contribution in [3.8, 4) is 0 Å². The highest BCUT2D eigenvalue weighted by molar-refractivity contribution is 7.98. The molecule has 0 atom stereocenters. The van der Waals surface area contributed by atoms with Crippen LogP contribution in [0.2, 0.25) is 0 Å². The molecule has 0 spiro atoms. The van der Waals surface area contributed by atoms with Crippen LogP contribution in [0.3, 0.4) is 0 Å². The molecule has 0 N–H and O–H groups in total. The van der Waals surface area contributed by atoms with E-state index in [1.165, 1.54) is 22.7 Å². The Morgan fingerprint density at radius 3 is 2.70 bits per heavy atom. The van der Waals surface area contributed by atoms with Gasteiger partial charge in [0.1, 0.15) is 21.3 Å². The Labute approximate surface area is 166 Å². The number of fused-ring (bicyclic) bond motifs is 1. The molecule has 1 saturated heterocycles. The van der Waals surface area contributed by atoms with Gasteiger partial charge in [0.15, 0.2) is 0 Å². The summed E-state index contributed by atoms with van der Waals surface area (Å²) < 4.78 is 5.22. The van der Waals surface area contributed by atoms with Crippen LogP contribution in [0.25, 0.3) is 10.2 Å². The van der Waals surface area contributed by atoms with E-state index in [1.807, 2.05) is 32.0 Å². The molecule has 5 nitrogen and oxygen atoms in total. The van der Waals surface area contributed by atoms with E-state index in [2.05, 4.69) is 17.0 Å². The van der Waals surface area contributed by atoms with E-state index in [1.54, 1.807) is 11.8 Å². The average Bonchev–Trinajstić information content (AvgIpc) is 2.96. The molecule has 0 unspecified atom stereocenters. The number of hydrogen-bond donors (Lipinski definition) is 0. The topological polar surface area (TPSA) is 55.3 Å². The predicted octanol–water partition coefficient (Wildman–Crippen LogP) is 4.68. The van der Waals surface area contributed by atoms with Crippen molar-refractivity contribution in [2.24, 2.45) is 0 Å². The lowest BCUT2D eigenvalue weighted by atomic mass is 10.1. The first-order chi connectivity index (χ1) is 13.2. The van der Waals surface area contributed by atoms with E-state index >= 15 is 0 Å². The van der Waals surface area contributed by atoms with Crippen molar-refractivity contribution < 1.29 is 9.53 Å². The number of nitrogens with zero attached hydrogens (tertiary/aromatic N) is 3. The number of thiophene rings is 1. The number of aryl methyl sites for hydroxylation is 1. The van der Waals surface area contributed by atoms with Gasteiger partial charge >= 0.3 is 5.97 Å². The zero-order valence-electron chi connectivity index (χ0n) is 15.4. The van der Waals surface area contributed by atoms with Crippen LogP contribution in [0.5, 0.6) is 0 Å². The second-order valence-corrected chi connectivity index (χ2v) is 8.41. The fourth-order valence-electron chi connectivity index (χ4n) is 3.04. The Morgan fingerprint density at radius 2 is 2.04 bits per heavy atom. The lowest BCUT2D eigenvalue weighted by Gasteiger charge is -2.32. The molecule has 27 heavy (non-hydrogen) atoms. The van der Waals surface area contributed by atoms with Gasteiger partial charge < -0.3 is 9.64 Å². The molecule has 4 rings (SSSR count). The zero-order chi connectivity index (χ0) is 18.8. The smallest absolute Gasteiger partial charge is 0.348 e. The number of ether oxygens (including phenoxy) is 1. The third-order valence-electron chi connectivity index (χ3n) is 4.54. The van der Waals surface area contributed by atoms with Gasteiger partial charge in [0, 0.05) is 18.0 Å². The van der Waals surface area contributed by atoms with Gasteiger partial charge in [-0.3, -0.25) is 0 Å². The monoisotopic (exact) mass is 399 g/mol. The Balaban J connectivity index is 1.72. The number of thioether (sulfide) groups is 1. The van der Waals surface area contributed by atoms with Crippen LogP contribution < -0.4 is 4.90 Å². The maximum Gasteiger partial charge on any atom is 0.348 e. The number of hydrogen-bond acceptors (Lipinski definition) is 7. The maximum atomic E-state index is 12.3. The van der Waals surface area contributed by atoms with Gasteiger partial charge in [-0.1, -0.05) is 18.2 Å². The van der Waals surface area contributed by atoms with Crippen LogP contribution in [0.4, 0.5) is 5.82 Å². The highest BCUT2D eigenvalue weighted by atomic mass is 32.2. The van der Waals surface area contributed by atoms with Gasteiger partial charge in [-0.15, -0.1) is 23.1 Å². The van der Waals surface area contributed by atoms with E-state index in [9.17, 15) is 4.79 Å². The molecule has 1 fully saturated rings. The van der Waals surface area contributed by atoms with Gasteiger partial charge in [-0.25, -0.2) is 14.8 Å². The summed E-state index contributed by atoms with van der Waals surface area (Å²) in [4.78, 5) is 26.9. The summed E-state index contributed by atoms with van der Waals surface area (Å²) in [5.74, 6) is 2.19. The SMILES string of the molecule is CCOC(=O)c1sc2nc(CSc3ccccc3)nc(N3CCC3)c2c1C. The second kappa shape index (κ2) is 7.86. The Bertz CT molecular complexity index is 968. The third-order valence-corrected chi connectivity index (χ3v) is 6.72. The number of aromatic nitrogens is 2. The maximum absolute atomic E-state index is 12.3. The molecule has 0 bridgehead atoms. The highest BCUT2D eigenvalue weighted by Gasteiger charge is 2.26. The van der Waals surface area contributed by atoms with E-state index in [4.69, 9.17) is 14.7 Å². The van der Waals surface area contributed by atoms with Gasteiger partial charge in [0.05, 0.1) is 17.7 Å². The molecule has 2 aromatic heterocycles. The van der Waals surface area contributed by atoms with Crippen molar-refractivity contribution in [1.82, 2.24) is 9.97 Å². The highest BCUT2D eigenvalue weighted by Crippen LogP contribution is 2.38. The first-order valence-electron chi connectivity index (χ1n) is 9.07. The van der Waals surface area contributed by atoms with Gasteiger partial charge in [-0.05, 0) is 38.0 Å². The fraction of sp³-hybridized carbons (Fsp3) is 0.350. The second-order valence-electron chi connectivity index (χ2n) is 6.36. The summed E-state index contributed by atoms with van der Waals surface area (Å²) in [7, 11) is 0. The molecule has 1 aliphatic rings. The fourth-order valence-corrected chi connectivity index (χ4v) is 4.90. The Hall–Kier alpha value is -2.12. The summed E-state index contributed by atoms with van der Waals surface area (Å²) in [6, 6.07) is 10.3. The van der Waals surface area contributed by atoms with Crippen molar-refractivity contribution in [2.45, 2.75) is 30.9 Å². The molecule has 3 heterocycles. The molecular formula is C20H21N3O2S2. The molecule has 1 aliphatic heterocycles. The first-order valence-corrected chi connectivity index (χ1v) is 10.9. The van der Waals surface area contributed by atoms with Crippen molar-refractivity contribution in [2.75, 3.05) is 24.6 Å². The first kappa shape index (κ1) is 18.3. The lowest BCUT2D eigenvalue weighted by molar-refractivity contribution is 0.0531. The molecular weight excluding hydrogens is 378 g/mol. The van der Waals surface area contributed by atoms with E-state index in [0.717, 1.165) is 40.5 Å². The van der Waals surface area contributed by atoms with Gasteiger partial charge in [0.2, 0.25) is 0 Å². The third kappa shape index (κ3) is 3.66. The van der Waals surface area contributed by atoms with E-state index in [-0.39, 0.29) is 5.97 Å². The molecule has 0 aliphatic carbocycles. The van der Waals surface area contributed by atoms with Crippen LogP contribution in [0.15, 0.2) is 35.2 Å². The summed E-state index contributed by atoms with van der Waals surface area (Å²) in [6.07, 6.45) is 1.17. The molecule has 0 radical (unpaired) electrons. The standard InChI is InChI=1S/C20H21N3O2S2/c1-3-25-20(24)17-13(2)16-18(23-10-7-11-23)21-15(22-19(16)27-17)12-26-14-8-5-4-6-9-14/h4-6,8-9H,3,7,10-12H2,1-2H3. The zero-order valence-corrected chi connectivity index (χ0v) is 17.0. The quantitative estimate of drug-likeness (QED) is 0.443. The molecule has 1 aromatic carbocycles. The number of carbonyl (C=O) groups excluding carboxylic acids is 1. The summed E-state index contributed by atoms with van der Waals surface area (Å²) in [6.45, 7) is 6.17. The summed E-state index contributed by atoms with van der Waals surface area (Å²) in [5, 5.41) is 0.996. The number of anilines is 1. The molecule has 0 saturated carbocycles. The molecule has 3 aromatic rings. The van der Waals surface area contributed by atoms with Crippen molar-refractivity contribution >= 4 is 45.1 Å². The summed E-state index contributed by atoms with van der Waals surface area (Å²) in [5.41, 5.74) is 0.928. The Kier molecular flexibility index (Phi) is 5.31. The minimum absolute atomic E-state index is 0.271. The average molecular weight is 400 g/mol. The Morgan fingerprint density at radius 1 is 1.26 bits per heavy atom. The normalized spacial score (nSPS) is 13.6. The van der Waals surface area contributed by atoms with E-state index in [0.29, 0.717) is 17.2 Å². The molecule has 7 heteroatoms. The predicted molar refractivity (Wildman–Crippen MR) is 111 cm³/mol. The van der Waals surface area contributed by atoms with Crippen molar-refractivity contribution in [3.05, 3.63) is 46.6 Å². The lowest BCUT2D eigenvalue weighted by Crippen LogP contribution is -2.38. The van der Waals surface area contributed by atoms with Crippen molar-refractivity contribution in [1.29, 1.82) is 0 Å². The summed E-state index contributed by atoms with van der Waals surface area (Å²) >= 11 is 3.14. The number of benzene rings is 1. The minimum Gasteiger partial charge on any atom is -0.462 e. The molecule has 140 valence electrons. The van der Waals surface area contributed by atoms with Crippen molar-refractivity contribution in [3.63, 3.8) is 0 Å². The van der Waals surface area contributed by atoms with E-state index < -0.39 is 0 Å². The number of rotatable bonds is 6. The van der Waals surface area contributed by atoms with Crippen LogP contribution in [-0.2, 0) is 10.5 Å². The number of carbonyl (C=O) groups is 1. The molecule has 0 amide bonds. The van der Waals surface area contributed by atoms with Gasteiger partial charge in [-0.2, -0.15) is 0 Å². The minimum atomic E-state index is -0.271. The van der Waals surface area contributed by atoms with Crippen LogP contribution >= 0.6 is 23.1 Å². The number of esters is 1. The van der Waals surface area contributed by atoms with Crippen LogP contribution in [0.1, 0.15) is 34.4 Å². The van der Waals surface area contributed by atoms with Crippen LogP contribution in [-0.4, -0.2) is 35.6 Å². The van der Waals surface area contributed by atoms with Crippen LogP contribution in [0, 0.1) is 6.92 Å². The largest absolute Gasteiger partial charge is 0.462 e. The van der Waals surface area contributed by atoms with Gasteiger partial charge in [0.25, 0.3) is 0 Å².